The summed E-state index contributed by atoms with van der Waals surface area (Å²) in [5.41, 5.74) is 13.4. The number of para-hydroxylation sites is 3. The molecule has 0 spiro atoms. The molecule has 0 bridgehead atoms. The summed E-state index contributed by atoms with van der Waals surface area (Å²) < 4.78 is 2.41. The van der Waals surface area contributed by atoms with Gasteiger partial charge in [-0.05, 0) is 115 Å². The van der Waals surface area contributed by atoms with Gasteiger partial charge in [0, 0.05) is 33.5 Å². The van der Waals surface area contributed by atoms with E-state index in [4.69, 9.17) is 0 Å². The first-order valence-corrected chi connectivity index (χ1v) is 19.5. The second-order valence-electron chi connectivity index (χ2n) is 15.8. The van der Waals surface area contributed by atoms with Crippen molar-refractivity contribution >= 4 is 60.4 Å². The zero-order valence-electron chi connectivity index (χ0n) is 31.9. The normalized spacial score (nSPS) is 11.8. The minimum absolute atomic E-state index is 0.104. The summed E-state index contributed by atoms with van der Waals surface area (Å²) in [4.78, 5) is 2.33. The molecule has 9 aromatic carbocycles. The maximum atomic E-state index is 2.41. The van der Waals surface area contributed by atoms with E-state index in [1.807, 2.05) is 0 Å². The Labute approximate surface area is 328 Å². The first kappa shape index (κ1) is 33.7. The fraction of sp³-hybridized carbons (Fsp3) is 0.0741. The van der Waals surface area contributed by atoms with Gasteiger partial charge in [-0.3, -0.25) is 0 Å². The van der Waals surface area contributed by atoms with Crippen molar-refractivity contribution in [1.82, 2.24) is 4.57 Å². The van der Waals surface area contributed by atoms with E-state index in [0.29, 0.717) is 0 Å². The molecular weight excluding hydrogens is 677 g/mol. The van der Waals surface area contributed by atoms with Crippen LogP contribution in [0, 0.1) is 0 Å². The van der Waals surface area contributed by atoms with Gasteiger partial charge in [-0.2, -0.15) is 0 Å². The fourth-order valence-electron chi connectivity index (χ4n) is 8.64. The van der Waals surface area contributed by atoms with Crippen molar-refractivity contribution in [3.05, 3.63) is 206 Å². The Bertz CT molecular complexity index is 2930. The number of nitrogens with zero attached hydrogens (tertiary/aromatic N) is 2. The van der Waals surface area contributed by atoms with Gasteiger partial charge in [0.15, 0.2) is 0 Å². The first-order valence-electron chi connectivity index (χ1n) is 19.5. The third-order valence-corrected chi connectivity index (χ3v) is 11.3. The van der Waals surface area contributed by atoms with Crippen LogP contribution in [0.1, 0.15) is 26.3 Å². The van der Waals surface area contributed by atoms with Crippen LogP contribution in [0.5, 0.6) is 0 Å². The van der Waals surface area contributed by atoms with E-state index in [2.05, 4.69) is 230 Å². The zero-order chi connectivity index (χ0) is 37.8. The number of benzene rings is 9. The molecular formula is C54H42N2. The topological polar surface area (TPSA) is 8.17 Å². The maximum absolute atomic E-state index is 2.41. The van der Waals surface area contributed by atoms with Crippen molar-refractivity contribution < 1.29 is 0 Å². The summed E-state index contributed by atoms with van der Waals surface area (Å²) in [6.07, 6.45) is 0. The lowest BCUT2D eigenvalue weighted by Crippen LogP contribution is -2.10. The van der Waals surface area contributed by atoms with E-state index in [9.17, 15) is 0 Å². The summed E-state index contributed by atoms with van der Waals surface area (Å²) in [7, 11) is 0. The Kier molecular flexibility index (Phi) is 8.08. The Balaban J connectivity index is 1.11. The highest BCUT2D eigenvalue weighted by Gasteiger charge is 2.20. The van der Waals surface area contributed by atoms with E-state index < -0.39 is 0 Å². The summed E-state index contributed by atoms with van der Waals surface area (Å²) in [5, 5.41) is 7.53. The Morgan fingerprint density at radius 3 is 1.29 bits per heavy atom. The molecule has 0 aliphatic rings. The molecule has 268 valence electrons. The van der Waals surface area contributed by atoms with Gasteiger partial charge in [0.25, 0.3) is 0 Å². The minimum Gasteiger partial charge on any atom is -0.310 e. The molecule has 0 N–H and O–H groups in total. The Morgan fingerprint density at radius 2 is 0.786 bits per heavy atom. The smallest absolute Gasteiger partial charge is 0.0542 e. The summed E-state index contributed by atoms with van der Waals surface area (Å²) >= 11 is 0. The van der Waals surface area contributed by atoms with E-state index in [0.717, 1.165) is 22.7 Å². The number of hydrogen-bond acceptors (Lipinski definition) is 1. The van der Waals surface area contributed by atoms with Gasteiger partial charge in [0.2, 0.25) is 0 Å². The Morgan fingerprint density at radius 1 is 0.357 bits per heavy atom. The van der Waals surface area contributed by atoms with Crippen LogP contribution in [0.4, 0.5) is 17.1 Å². The quantitative estimate of drug-likeness (QED) is 0.155. The molecule has 0 atom stereocenters. The third kappa shape index (κ3) is 5.65. The van der Waals surface area contributed by atoms with Gasteiger partial charge in [-0.1, -0.05) is 160 Å². The molecule has 0 amide bonds. The van der Waals surface area contributed by atoms with E-state index >= 15 is 0 Å². The van der Waals surface area contributed by atoms with Crippen molar-refractivity contribution in [2.75, 3.05) is 4.90 Å². The number of rotatable bonds is 6. The summed E-state index contributed by atoms with van der Waals surface area (Å²) in [5.74, 6) is 0. The van der Waals surface area contributed by atoms with E-state index in [1.54, 1.807) is 0 Å². The van der Waals surface area contributed by atoms with Gasteiger partial charge in [0.05, 0.1) is 11.0 Å². The molecule has 0 unspecified atom stereocenters. The predicted molar refractivity (Wildman–Crippen MR) is 240 cm³/mol. The lowest BCUT2D eigenvalue weighted by atomic mass is 9.83. The number of anilines is 3. The predicted octanol–water partition coefficient (Wildman–Crippen LogP) is 15.2. The van der Waals surface area contributed by atoms with Crippen LogP contribution in [0.15, 0.2) is 200 Å². The molecule has 0 radical (unpaired) electrons. The monoisotopic (exact) mass is 718 g/mol. The zero-order valence-corrected chi connectivity index (χ0v) is 31.9. The molecule has 10 aromatic rings. The highest BCUT2D eigenvalue weighted by molar-refractivity contribution is 6.21. The lowest BCUT2D eigenvalue weighted by molar-refractivity contribution is 0.590. The van der Waals surface area contributed by atoms with Crippen molar-refractivity contribution in [3.8, 4) is 27.9 Å². The van der Waals surface area contributed by atoms with Gasteiger partial charge in [-0.15, -0.1) is 0 Å². The third-order valence-electron chi connectivity index (χ3n) is 11.3. The molecule has 0 aliphatic carbocycles. The molecule has 0 fully saturated rings. The Hall–Kier alpha value is -6.90. The van der Waals surface area contributed by atoms with Crippen molar-refractivity contribution in [2.24, 2.45) is 0 Å². The number of aromatic nitrogens is 1. The first-order chi connectivity index (χ1) is 27.4. The van der Waals surface area contributed by atoms with Crippen LogP contribution in [-0.4, -0.2) is 4.57 Å². The molecule has 56 heavy (non-hydrogen) atoms. The van der Waals surface area contributed by atoms with Crippen LogP contribution < -0.4 is 4.90 Å². The van der Waals surface area contributed by atoms with Crippen LogP contribution in [0.3, 0.4) is 0 Å². The lowest BCUT2D eigenvalue weighted by Gasteiger charge is -2.25. The molecule has 1 aromatic heterocycles. The molecule has 0 aliphatic heterocycles. The van der Waals surface area contributed by atoms with Crippen LogP contribution >= 0.6 is 0 Å². The molecule has 0 saturated heterocycles. The largest absolute Gasteiger partial charge is 0.310 e. The highest BCUT2D eigenvalue weighted by atomic mass is 15.1. The maximum Gasteiger partial charge on any atom is 0.0542 e. The van der Waals surface area contributed by atoms with Crippen LogP contribution in [0.25, 0.3) is 71.3 Å². The minimum atomic E-state index is 0.104. The average Bonchev–Trinajstić information content (AvgIpc) is 3.57. The second-order valence-corrected chi connectivity index (χ2v) is 15.8. The number of hydrogen-bond donors (Lipinski definition) is 0. The van der Waals surface area contributed by atoms with E-state index in [1.165, 1.54) is 71.2 Å². The van der Waals surface area contributed by atoms with Crippen molar-refractivity contribution in [1.29, 1.82) is 0 Å². The van der Waals surface area contributed by atoms with E-state index in [-0.39, 0.29) is 5.41 Å². The van der Waals surface area contributed by atoms with Crippen LogP contribution in [-0.2, 0) is 5.41 Å². The molecule has 10 rings (SSSR count). The van der Waals surface area contributed by atoms with Gasteiger partial charge in [-0.25, -0.2) is 0 Å². The van der Waals surface area contributed by atoms with Gasteiger partial charge >= 0.3 is 0 Å². The highest BCUT2D eigenvalue weighted by Crippen LogP contribution is 2.45. The molecule has 2 heteroatoms. The second kappa shape index (κ2) is 13.4. The van der Waals surface area contributed by atoms with Gasteiger partial charge in [0.1, 0.15) is 0 Å². The van der Waals surface area contributed by atoms with Crippen LogP contribution in [0.2, 0.25) is 0 Å². The fourth-order valence-corrected chi connectivity index (χ4v) is 8.64. The molecule has 1 heterocycles. The SMILES string of the molecule is CC(C)(C)c1ccc(-c2c3ccccc3c(-c3ccc(-n4c5ccccc5c5cc(N(c6ccccc6)c6ccccc6)ccc54)cc3)c3ccccc23)cc1. The summed E-state index contributed by atoms with van der Waals surface area (Å²) in [6.45, 7) is 6.82. The van der Waals surface area contributed by atoms with Gasteiger partial charge < -0.3 is 9.47 Å². The average molecular weight is 719 g/mol. The standard InChI is InChI=1S/C54H42N2/c1-54(2,3)39-30-26-37(27-31-39)52-45-21-10-12-23-47(45)53(48-24-13-11-22-46(48)52)38-28-32-42(33-29-38)56-50-25-15-14-20-44(50)49-36-43(34-35-51(49)56)55(40-16-6-4-7-17-40)41-18-8-5-9-19-41/h4-36H,1-3H3. The summed E-state index contributed by atoms with van der Waals surface area (Å²) in [6, 6.07) is 73.1. The van der Waals surface area contributed by atoms with Crippen molar-refractivity contribution in [2.45, 2.75) is 26.2 Å². The van der Waals surface area contributed by atoms with Crippen molar-refractivity contribution in [3.63, 3.8) is 0 Å². The molecule has 2 nitrogen and oxygen atoms in total. The molecule has 0 saturated carbocycles. The number of fused-ring (bicyclic) bond motifs is 5.